The average Bonchev–Trinajstić information content (AvgIpc) is 2.87. The van der Waals surface area contributed by atoms with Gasteiger partial charge in [-0.15, -0.1) is 0 Å². The minimum Gasteiger partial charge on any atom is -0.480 e. The molecule has 1 aromatic carbocycles. The zero-order chi connectivity index (χ0) is 14.1. The number of carboxylic acids is 1. The van der Waals surface area contributed by atoms with E-state index >= 15 is 0 Å². The van der Waals surface area contributed by atoms with E-state index in [9.17, 15) is 4.79 Å². The molecular formula is C14H20N2O3. The first-order chi connectivity index (χ1) is 9.15. The Hall–Kier alpha value is -1.85. The molecule has 5 heteroatoms. The van der Waals surface area contributed by atoms with Gasteiger partial charge in [-0.1, -0.05) is 24.6 Å². The van der Waals surface area contributed by atoms with Gasteiger partial charge in [0.25, 0.3) is 0 Å². The molecule has 0 amide bonds. The number of furan rings is 1. The van der Waals surface area contributed by atoms with Crippen molar-refractivity contribution in [1.82, 2.24) is 0 Å². The van der Waals surface area contributed by atoms with Crippen LogP contribution >= 0.6 is 0 Å². The number of benzene rings is 1. The van der Waals surface area contributed by atoms with E-state index in [0.717, 1.165) is 23.8 Å². The summed E-state index contributed by atoms with van der Waals surface area (Å²) in [5.41, 5.74) is 11.4. The van der Waals surface area contributed by atoms with E-state index in [-0.39, 0.29) is 0 Å². The molecule has 0 bridgehead atoms. The SMILES string of the molecule is NCCCC[C@H](N)C(=O)O.c1ccc2occc2c1. The fourth-order valence-electron chi connectivity index (χ4n) is 1.54. The molecule has 0 aliphatic rings. The van der Waals surface area contributed by atoms with Crippen molar-refractivity contribution in [1.29, 1.82) is 0 Å². The Bertz CT molecular complexity index is 466. The molecule has 104 valence electrons. The summed E-state index contributed by atoms with van der Waals surface area (Å²) >= 11 is 0. The first-order valence-corrected chi connectivity index (χ1v) is 6.26. The van der Waals surface area contributed by atoms with E-state index in [1.54, 1.807) is 6.26 Å². The quantitative estimate of drug-likeness (QED) is 0.716. The van der Waals surface area contributed by atoms with Gasteiger partial charge < -0.3 is 21.0 Å². The number of aliphatic carboxylic acids is 1. The topological polar surface area (TPSA) is 102 Å². The summed E-state index contributed by atoms with van der Waals surface area (Å²) in [5.74, 6) is -0.933. The van der Waals surface area contributed by atoms with Crippen molar-refractivity contribution < 1.29 is 14.3 Å². The normalized spacial score (nSPS) is 11.7. The summed E-state index contributed by atoms with van der Waals surface area (Å²) < 4.78 is 5.12. The van der Waals surface area contributed by atoms with Crippen LogP contribution < -0.4 is 11.5 Å². The summed E-state index contributed by atoms with van der Waals surface area (Å²) in [6.07, 6.45) is 3.86. The highest BCUT2D eigenvalue weighted by Crippen LogP contribution is 2.12. The van der Waals surface area contributed by atoms with Crippen LogP contribution in [-0.2, 0) is 4.79 Å². The molecule has 1 aromatic heterocycles. The van der Waals surface area contributed by atoms with E-state index < -0.39 is 12.0 Å². The van der Waals surface area contributed by atoms with Gasteiger partial charge in [-0.05, 0) is 31.5 Å². The molecule has 0 unspecified atom stereocenters. The fraction of sp³-hybridized carbons (Fsp3) is 0.357. The van der Waals surface area contributed by atoms with Crippen LogP contribution in [0.3, 0.4) is 0 Å². The number of fused-ring (bicyclic) bond motifs is 1. The molecule has 0 radical (unpaired) electrons. The van der Waals surface area contributed by atoms with Crippen molar-refractivity contribution in [3.8, 4) is 0 Å². The van der Waals surface area contributed by atoms with E-state index in [1.807, 2.05) is 30.3 Å². The number of carboxylic acid groups (broad SMARTS) is 1. The average molecular weight is 264 g/mol. The number of unbranched alkanes of at least 4 members (excludes halogenated alkanes) is 1. The predicted octanol–water partition coefficient (Wildman–Crippen LogP) is 1.96. The molecule has 5 N–H and O–H groups in total. The number of rotatable bonds is 5. The second-order valence-electron chi connectivity index (χ2n) is 4.19. The lowest BCUT2D eigenvalue weighted by molar-refractivity contribution is -0.138. The Labute approximate surface area is 112 Å². The molecule has 1 atom stereocenters. The van der Waals surface area contributed by atoms with Gasteiger partial charge in [0.05, 0.1) is 6.26 Å². The minimum absolute atomic E-state index is 0.520. The van der Waals surface area contributed by atoms with Crippen LogP contribution in [0, 0.1) is 0 Å². The maximum Gasteiger partial charge on any atom is 0.320 e. The van der Waals surface area contributed by atoms with Crippen molar-refractivity contribution >= 4 is 16.9 Å². The Morgan fingerprint density at radius 2 is 2.00 bits per heavy atom. The van der Waals surface area contributed by atoms with Crippen molar-refractivity contribution in [3.63, 3.8) is 0 Å². The smallest absolute Gasteiger partial charge is 0.320 e. The highest BCUT2D eigenvalue weighted by atomic mass is 16.4. The maximum atomic E-state index is 10.1. The Kier molecular flexibility index (Phi) is 6.63. The zero-order valence-electron chi connectivity index (χ0n) is 10.8. The van der Waals surface area contributed by atoms with E-state index in [1.165, 1.54) is 0 Å². The molecular weight excluding hydrogens is 244 g/mol. The molecule has 1 heterocycles. The molecule has 5 nitrogen and oxygen atoms in total. The van der Waals surface area contributed by atoms with Crippen molar-refractivity contribution in [2.75, 3.05) is 6.54 Å². The number of nitrogens with two attached hydrogens (primary N) is 2. The van der Waals surface area contributed by atoms with Gasteiger partial charge in [-0.25, -0.2) is 0 Å². The molecule has 2 rings (SSSR count). The number of para-hydroxylation sites is 1. The fourth-order valence-corrected chi connectivity index (χ4v) is 1.54. The lowest BCUT2D eigenvalue weighted by atomic mass is 10.1. The van der Waals surface area contributed by atoms with Gasteiger partial charge in [0.15, 0.2) is 0 Å². The summed E-state index contributed by atoms with van der Waals surface area (Å²) in [6.45, 7) is 0.604. The van der Waals surface area contributed by atoms with Crippen LogP contribution in [0.25, 0.3) is 11.0 Å². The number of hydrogen-bond acceptors (Lipinski definition) is 4. The molecule has 0 saturated heterocycles. The molecule has 0 aliphatic carbocycles. The number of carbonyl (C=O) groups is 1. The highest BCUT2D eigenvalue weighted by molar-refractivity contribution is 5.76. The summed E-state index contributed by atoms with van der Waals surface area (Å²) in [6, 6.07) is 9.18. The van der Waals surface area contributed by atoms with Crippen LogP contribution in [0.2, 0.25) is 0 Å². The van der Waals surface area contributed by atoms with Crippen LogP contribution in [0.4, 0.5) is 0 Å². The van der Waals surface area contributed by atoms with Gasteiger partial charge >= 0.3 is 5.97 Å². The van der Waals surface area contributed by atoms with E-state index in [0.29, 0.717) is 13.0 Å². The molecule has 19 heavy (non-hydrogen) atoms. The maximum absolute atomic E-state index is 10.1. The monoisotopic (exact) mass is 264 g/mol. The molecule has 0 aliphatic heterocycles. The van der Waals surface area contributed by atoms with Crippen molar-refractivity contribution in [2.45, 2.75) is 25.3 Å². The van der Waals surface area contributed by atoms with Crippen LogP contribution in [0.15, 0.2) is 41.0 Å². The standard InChI is InChI=1S/C8H6O.C6H14N2O2/c1-2-4-8-7(3-1)5-6-9-8;7-4-2-1-3-5(8)6(9)10/h1-6H;5H,1-4,7-8H2,(H,9,10)/t;5-/m.0/s1. The highest BCUT2D eigenvalue weighted by Gasteiger charge is 2.09. The van der Waals surface area contributed by atoms with Crippen LogP contribution in [0.5, 0.6) is 0 Å². The number of hydrogen-bond donors (Lipinski definition) is 3. The molecule has 2 aromatic rings. The van der Waals surface area contributed by atoms with Gasteiger partial charge in [-0.2, -0.15) is 0 Å². The minimum atomic E-state index is -0.933. The van der Waals surface area contributed by atoms with Gasteiger partial charge in [-0.3, -0.25) is 4.79 Å². The first kappa shape index (κ1) is 15.2. The third-order valence-corrected chi connectivity index (χ3v) is 2.65. The molecule has 0 saturated carbocycles. The second kappa shape index (κ2) is 8.29. The van der Waals surface area contributed by atoms with E-state index in [4.69, 9.17) is 21.0 Å². The van der Waals surface area contributed by atoms with Crippen LogP contribution in [-0.4, -0.2) is 23.7 Å². The Balaban J connectivity index is 0.000000190. The van der Waals surface area contributed by atoms with Gasteiger partial charge in [0, 0.05) is 5.39 Å². The summed E-state index contributed by atoms with van der Waals surface area (Å²) in [4.78, 5) is 10.1. The third kappa shape index (κ3) is 5.54. The summed E-state index contributed by atoms with van der Waals surface area (Å²) in [5, 5.41) is 9.49. The molecule has 0 fully saturated rings. The second-order valence-corrected chi connectivity index (χ2v) is 4.19. The van der Waals surface area contributed by atoms with Gasteiger partial charge in [0.2, 0.25) is 0 Å². The Morgan fingerprint density at radius 3 is 2.63 bits per heavy atom. The zero-order valence-corrected chi connectivity index (χ0v) is 10.8. The largest absolute Gasteiger partial charge is 0.480 e. The van der Waals surface area contributed by atoms with Gasteiger partial charge in [0.1, 0.15) is 11.6 Å². The summed E-state index contributed by atoms with van der Waals surface area (Å²) in [7, 11) is 0. The first-order valence-electron chi connectivity index (χ1n) is 6.26. The van der Waals surface area contributed by atoms with Crippen LogP contribution in [0.1, 0.15) is 19.3 Å². The van der Waals surface area contributed by atoms with Crippen molar-refractivity contribution in [2.24, 2.45) is 11.5 Å². The molecule has 0 spiro atoms. The predicted molar refractivity (Wildman–Crippen MR) is 74.7 cm³/mol. The lowest BCUT2D eigenvalue weighted by Crippen LogP contribution is -2.29. The van der Waals surface area contributed by atoms with Crippen molar-refractivity contribution in [3.05, 3.63) is 36.6 Å². The van der Waals surface area contributed by atoms with E-state index in [2.05, 4.69) is 0 Å². The Morgan fingerprint density at radius 1 is 1.26 bits per heavy atom. The lowest BCUT2D eigenvalue weighted by Gasteiger charge is -2.03. The third-order valence-electron chi connectivity index (χ3n) is 2.65.